The fourth-order valence-corrected chi connectivity index (χ4v) is 5.12. The predicted molar refractivity (Wildman–Crippen MR) is 103 cm³/mol. The first kappa shape index (κ1) is 21.0. The standard InChI is InChI=1S/C15H21N5O3S2.ClH/c1-2-4-11(16)15(21)19-7-9-20(10-8-19)25(22,23)13-6-3-5-12-14(13)18-24-17-12;/h3,5-6,11H,2,4,7-10,16H2,1H3;1H. The van der Waals surface area contributed by atoms with Crippen molar-refractivity contribution in [1.82, 2.24) is 9.21 Å². The van der Waals surface area contributed by atoms with E-state index in [4.69, 9.17) is 5.73 Å². The smallest absolute Gasteiger partial charge is 0.245 e. The molecule has 11 heteroatoms. The minimum Gasteiger partial charge on any atom is -0.339 e. The predicted octanol–water partition coefficient (Wildman–Crippen LogP) is 1.80. The van der Waals surface area contributed by atoms with E-state index in [1.54, 1.807) is 23.1 Å². The van der Waals surface area contributed by atoms with Crippen LogP contribution in [0.1, 0.15) is 19.8 Å². The number of benzene rings is 1. The summed E-state index contributed by atoms with van der Waals surface area (Å²) in [5.74, 6) is -0.107. The highest BCUT2D eigenvalue weighted by atomic mass is 35.5. The summed E-state index contributed by atoms with van der Waals surface area (Å²) in [4.78, 5) is 14.1. The summed E-state index contributed by atoms with van der Waals surface area (Å²) in [5.41, 5.74) is 6.86. The Morgan fingerprint density at radius 3 is 2.62 bits per heavy atom. The van der Waals surface area contributed by atoms with Crippen LogP contribution in [0.15, 0.2) is 31.8 Å². The molecule has 3 rings (SSSR count). The fraction of sp³-hybridized carbons (Fsp3) is 0.533. The minimum atomic E-state index is -3.67. The van der Waals surface area contributed by atoms with Gasteiger partial charge in [0.15, 0.2) is 0 Å². The molecular weight excluding hydrogens is 398 g/mol. The van der Waals surface area contributed by atoms with Gasteiger partial charge in [-0.2, -0.15) is 13.0 Å². The summed E-state index contributed by atoms with van der Waals surface area (Å²) < 4.78 is 35.5. The molecular formula is C15H22ClN5O3S2. The maximum absolute atomic E-state index is 12.9. The van der Waals surface area contributed by atoms with Crippen LogP contribution in [0.4, 0.5) is 11.4 Å². The SMILES string of the molecule is CCCC(N)C(=O)N1CCN(S(=O)(=O)c2cccc3c2N=S=N3)CC1.Cl. The van der Waals surface area contributed by atoms with Crippen molar-refractivity contribution in [2.45, 2.75) is 30.7 Å². The van der Waals surface area contributed by atoms with E-state index in [2.05, 4.69) is 8.73 Å². The van der Waals surface area contributed by atoms with Gasteiger partial charge in [-0.3, -0.25) is 4.79 Å². The van der Waals surface area contributed by atoms with Crippen LogP contribution < -0.4 is 5.73 Å². The van der Waals surface area contributed by atoms with Crippen LogP contribution >= 0.6 is 12.4 Å². The van der Waals surface area contributed by atoms with Gasteiger partial charge in [0.05, 0.1) is 17.4 Å². The van der Waals surface area contributed by atoms with E-state index in [0.717, 1.165) is 17.8 Å². The molecule has 1 aromatic carbocycles. The number of nitrogens with zero attached hydrogens (tertiary/aromatic N) is 4. The average Bonchev–Trinajstić information content (AvgIpc) is 3.10. The summed E-state index contributed by atoms with van der Waals surface area (Å²) in [7, 11) is -3.67. The fourth-order valence-electron chi connectivity index (χ4n) is 2.95. The number of carbonyl (C=O) groups is 1. The Morgan fingerprint density at radius 1 is 1.27 bits per heavy atom. The molecule has 8 nitrogen and oxygen atoms in total. The van der Waals surface area contributed by atoms with Crippen molar-refractivity contribution in [2.24, 2.45) is 14.5 Å². The topological polar surface area (TPSA) is 108 Å². The van der Waals surface area contributed by atoms with Crippen molar-refractivity contribution in [3.8, 4) is 0 Å². The summed E-state index contributed by atoms with van der Waals surface area (Å²) in [5, 5.41) is 0. The van der Waals surface area contributed by atoms with Gasteiger partial charge in [0.25, 0.3) is 0 Å². The Hall–Kier alpha value is -1.33. The average molecular weight is 420 g/mol. The van der Waals surface area contributed by atoms with Gasteiger partial charge < -0.3 is 10.6 Å². The van der Waals surface area contributed by atoms with Gasteiger partial charge in [0, 0.05) is 26.2 Å². The zero-order valence-electron chi connectivity index (χ0n) is 14.4. The molecule has 0 radical (unpaired) electrons. The van der Waals surface area contributed by atoms with Crippen LogP contribution in [0.5, 0.6) is 0 Å². The molecule has 144 valence electrons. The van der Waals surface area contributed by atoms with Gasteiger partial charge in [-0.1, -0.05) is 19.4 Å². The van der Waals surface area contributed by atoms with Crippen LogP contribution in [-0.4, -0.2) is 55.8 Å². The van der Waals surface area contributed by atoms with E-state index < -0.39 is 16.1 Å². The van der Waals surface area contributed by atoms with E-state index in [0.29, 0.717) is 30.9 Å². The lowest BCUT2D eigenvalue weighted by atomic mass is 10.1. The highest BCUT2D eigenvalue weighted by molar-refractivity contribution is 7.89. The third-order valence-electron chi connectivity index (χ3n) is 4.33. The van der Waals surface area contributed by atoms with E-state index in [9.17, 15) is 13.2 Å². The van der Waals surface area contributed by atoms with Gasteiger partial charge in [0.1, 0.15) is 16.3 Å². The molecule has 2 aliphatic heterocycles. The highest BCUT2D eigenvalue weighted by Gasteiger charge is 2.33. The van der Waals surface area contributed by atoms with Gasteiger partial charge >= 0.3 is 0 Å². The molecule has 1 amide bonds. The van der Waals surface area contributed by atoms with Gasteiger partial charge in [-0.15, -0.1) is 12.4 Å². The molecule has 0 spiro atoms. The first-order valence-corrected chi connectivity index (χ1v) is 10.4. The number of amides is 1. The summed E-state index contributed by atoms with van der Waals surface area (Å²) in [6, 6.07) is 4.44. The van der Waals surface area contributed by atoms with Crippen molar-refractivity contribution >= 4 is 51.1 Å². The van der Waals surface area contributed by atoms with Gasteiger partial charge in [0.2, 0.25) is 15.9 Å². The molecule has 0 aliphatic carbocycles. The van der Waals surface area contributed by atoms with Crippen LogP contribution in [0, 0.1) is 0 Å². The molecule has 0 saturated carbocycles. The molecule has 2 heterocycles. The van der Waals surface area contributed by atoms with Crippen LogP contribution in [0.25, 0.3) is 0 Å². The number of nitrogens with two attached hydrogens (primary N) is 1. The Morgan fingerprint density at radius 2 is 1.96 bits per heavy atom. The zero-order valence-corrected chi connectivity index (χ0v) is 16.8. The Bertz CT molecular complexity index is 847. The molecule has 26 heavy (non-hydrogen) atoms. The molecule has 1 fully saturated rings. The van der Waals surface area contributed by atoms with Crippen LogP contribution in [0.2, 0.25) is 0 Å². The number of hydrogen-bond donors (Lipinski definition) is 1. The number of fused-ring (bicyclic) bond motifs is 1. The number of sulfonamides is 1. The van der Waals surface area contributed by atoms with E-state index >= 15 is 0 Å². The summed E-state index contributed by atoms with van der Waals surface area (Å²) >= 11 is 0.992. The highest BCUT2D eigenvalue weighted by Crippen LogP contribution is 2.38. The molecule has 2 N–H and O–H groups in total. The first-order valence-electron chi connectivity index (χ1n) is 8.21. The summed E-state index contributed by atoms with van der Waals surface area (Å²) in [6.07, 6.45) is 1.48. The lowest BCUT2D eigenvalue weighted by Gasteiger charge is -2.35. The Balaban J connectivity index is 0.00000243. The zero-order chi connectivity index (χ0) is 18.0. The van der Waals surface area contributed by atoms with Crippen molar-refractivity contribution in [3.63, 3.8) is 0 Å². The summed E-state index contributed by atoms with van der Waals surface area (Å²) in [6.45, 7) is 3.18. The largest absolute Gasteiger partial charge is 0.339 e. The first-order chi connectivity index (χ1) is 11.9. The molecule has 0 aromatic heterocycles. The third kappa shape index (κ3) is 3.99. The van der Waals surface area contributed by atoms with Crippen molar-refractivity contribution in [1.29, 1.82) is 0 Å². The second-order valence-corrected chi connectivity index (χ2v) is 8.45. The molecule has 1 unspecified atom stereocenters. The van der Waals surface area contributed by atoms with Crippen molar-refractivity contribution in [2.75, 3.05) is 26.2 Å². The Kier molecular flexibility index (Phi) is 6.92. The molecule has 2 aliphatic rings. The van der Waals surface area contributed by atoms with E-state index in [1.165, 1.54) is 4.31 Å². The van der Waals surface area contributed by atoms with Crippen LogP contribution in [0.3, 0.4) is 0 Å². The number of halogens is 1. The lowest BCUT2D eigenvalue weighted by molar-refractivity contribution is -0.133. The van der Waals surface area contributed by atoms with E-state index in [-0.39, 0.29) is 36.3 Å². The molecule has 1 atom stereocenters. The lowest BCUT2D eigenvalue weighted by Crippen LogP contribution is -2.54. The van der Waals surface area contributed by atoms with Crippen molar-refractivity contribution in [3.05, 3.63) is 18.2 Å². The maximum Gasteiger partial charge on any atom is 0.245 e. The number of hydrogen-bond acceptors (Lipinski definition) is 6. The third-order valence-corrected chi connectivity index (χ3v) is 6.81. The quantitative estimate of drug-likeness (QED) is 0.796. The number of carbonyl (C=O) groups excluding carboxylic acids is 1. The number of rotatable bonds is 5. The van der Waals surface area contributed by atoms with E-state index in [1.807, 2.05) is 6.92 Å². The maximum atomic E-state index is 12.9. The second kappa shape index (κ2) is 8.57. The van der Waals surface area contributed by atoms with Crippen LogP contribution in [-0.2, 0) is 26.2 Å². The van der Waals surface area contributed by atoms with Gasteiger partial charge in [-0.25, -0.2) is 8.42 Å². The normalized spacial score (nSPS) is 18.0. The van der Waals surface area contributed by atoms with Gasteiger partial charge in [-0.05, 0) is 18.6 Å². The molecule has 1 saturated heterocycles. The molecule has 1 aromatic rings. The van der Waals surface area contributed by atoms with Crippen molar-refractivity contribution < 1.29 is 13.2 Å². The Labute approximate surface area is 163 Å². The second-order valence-electron chi connectivity index (χ2n) is 6.01. The monoisotopic (exact) mass is 419 g/mol. The molecule has 0 bridgehead atoms. The minimum absolute atomic E-state index is 0. The number of piperazine rings is 1.